The van der Waals surface area contributed by atoms with Gasteiger partial charge in [-0.2, -0.15) is 5.26 Å². The van der Waals surface area contributed by atoms with Crippen molar-refractivity contribution in [2.24, 2.45) is 0 Å². The Morgan fingerprint density at radius 3 is 2.31 bits per heavy atom. The van der Waals surface area contributed by atoms with Crippen LogP contribution in [0.25, 0.3) is 28.2 Å². The molecule has 1 amide bonds. The molecule has 0 spiro atoms. The van der Waals surface area contributed by atoms with Crippen molar-refractivity contribution in [3.63, 3.8) is 0 Å². The second-order valence-corrected chi connectivity index (χ2v) is 8.40. The van der Waals surface area contributed by atoms with E-state index in [1.54, 1.807) is 66.7 Å². The van der Waals surface area contributed by atoms with E-state index in [1.807, 2.05) is 12.1 Å². The Labute approximate surface area is 222 Å². The average molecular weight is 522 g/mol. The Bertz CT molecular complexity index is 1820. The Hall–Kier alpha value is -5.56. The van der Waals surface area contributed by atoms with E-state index < -0.39 is 11.5 Å². The second-order valence-electron chi connectivity index (χ2n) is 8.40. The molecule has 0 fully saturated rings. The van der Waals surface area contributed by atoms with Crippen LogP contribution < -0.4 is 25.1 Å². The number of rotatable bonds is 7. The SMILES string of the molecule is COc1cc(/C=C(\NC(=O)c2ccccc2)c2nc3ccccc3c3c(C#N)c(=O)[nH]n23)cc(OC)c1OC. The van der Waals surface area contributed by atoms with Gasteiger partial charge in [-0.15, -0.1) is 0 Å². The summed E-state index contributed by atoms with van der Waals surface area (Å²) >= 11 is 0. The summed E-state index contributed by atoms with van der Waals surface area (Å²) < 4.78 is 17.8. The van der Waals surface area contributed by atoms with Crippen molar-refractivity contribution in [1.82, 2.24) is 19.9 Å². The Kier molecular flexibility index (Phi) is 6.72. The normalized spacial score (nSPS) is 11.3. The summed E-state index contributed by atoms with van der Waals surface area (Å²) in [5.41, 5.74) is 1.52. The van der Waals surface area contributed by atoms with Crippen LogP contribution in [0.15, 0.2) is 71.5 Å². The maximum absolute atomic E-state index is 13.3. The molecule has 2 N–H and O–H groups in total. The van der Waals surface area contributed by atoms with Gasteiger partial charge in [0.2, 0.25) is 5.75 Å². The average Bonchev–Trinajstić information content (AvgIpc) is 3.32. The van der Waals surface area contributed by atoms with Gasteiger partial charge in [-0.1, -0.05) is 36.4 Å². The first kappa shape index (κ1) is 25.1. The molecule has 0 saturated carbocycles. The maximum atomic E-state index is 13.3. The molecule has 3 aromatic carbocycles. The highest BCUT2D eigenvalue weighted by Crippen LogP contribution is 2.39. The number of nitrogens with one attached hydrogen (secondary N) is 2. The fourth-order valence-electron chi connectivity index (χ4n) is 4.36. The number of amides is 1. The van der Waals surface area contributed by atoms with Crippen LogP contribution in [0.2, 0.25) is 0 Å². The van der Waals surface area contributed by atoms with E-state index in [-0.39, 0.29) is 17.1 Å². The van der Waals surface area contributed by atoms with Crippen molar-refractivity contribution in [2.75, 3.05) is 21.3 Å². The van der Waals surface area contributed by atoms with Crippen molar-refractivity contribution < 1.29 is 19.0 Å². The van der Waals surface area contributed by atoms with E-state index >= 15 is 0 Å². The fourth-order valence-corrected chi connectivity index (χ4v) is 4.36. The number of methoxy groups -OCH3 is 3. The molecule has 0 aliphatic heterocycles. The molecular weight excluding hydrogens is 498 g/mol. The molecule has 0 radical (unpaired) electrons. The highest BCUT2D eigenvalue weighted by molar-refractivity contribution is 6.03. The number of aromatic nitrogens is 3. The molecular formula is C29H23N5O5. The van der Waals surface area contributed by atoms with E-state index in [1.165, 1.54) is 25.8 Å². The molecule has 0 aliphatic carbocycles. The molecule has 2 aromatic heterocycles. The standard InChI is InChI=1S/C29H23N5O5/c1-37-23-14-17(15-24(38-2)26(23)39-3)13-22(32-28(35)18-9-5-4-6-10-18)27-31-21-12-8-7-11-19(21)25-20(16-30)29(36)33-34(25)27/h4-15H,1-3H3,(H,32,35)(H,33,36)/b22-13-. The Morgan fingerprint density at radius 1 is 1.00 bits per heavy atom. The van der Waals surface area contributed by atoms with Crippen LogP contribution in [0.3, 0.4) is 0 Å². The molecule has 39 heavy (non-hydrogen) atoms. The van der Waals surface area contributed by atoms with Gasteiger partial charge in [0.05, 0.1) is 38.1 Å². The minimum absolute atomic E-state index is 0.0589. The summed E-state index contributed by atoms with van der Waals surface area (Å²) in [5.74, 6) is 1.04. The first-order valence-electron chi connectivity index (χ1n) is 11.8. The third-order valence-electron chi connectivity index (χ3n) is 6.13. The van der Waals surface area contributed by atoms with Crippen molar-refractivity contribution >= 4 is 34.1 Å². The minimum Gasteiger partial charge on any atom is -0.493 e. The van der Waals surface area contributed by atoms with Crippen molar-refractivity contribution in [1.29, 1.82) is 5.26 Å². The van der Waals surface area contributed by atoms with Gasteiger partial charge in [0.15, 0.2) is 17.3 Å². The lowest BCUT2D eigenvalue weighted by atomic mass is 10.1. The molecule has 10 nitrogen and oxygen atoms in total. The zero-order chi connectivity index (χ0) is 27.5. The summed E-state index contributed by atoms with van der Waals surface area (Å²) in [6.07, 6.45) is 1.67. The molecule has 2 heterocycles. The Morgan fingerprint density at radius 2 is 1.67 bits per heavy atom. The number of hydrogen-bond donors (Lipinski definition) is 2. The summed E-state index contributed by atoms with van der Waals surface area (Å²) in [5, 5.41) is 16.0. The molecule has 10 heteroatoms. The van der Waals surface area contributed by atoms with Gasteiger partial charge in [-0.25, -0.2) is 9.50 Å². The lowest BCUT2D eigenvalue weighted by Gasteiger charge is -2.15. The molecule has 0 saturated heterocycles. The van der Waals surface area contributed by atoms with Crippen LogP contribution in [-0.2, 0) is 0 Å². The number of nitriles is 1. The largest absolute Gasteiger partial charge is 0.493 e. The summed E-state index contributed by atoms with van der Waals surface area (Å²) in [4.78, 5) is 30.8. The third-order valence-corrected chi connectivity index (χ3v) is 6.13. The number of carbonyl (C=O) groups is 1. The van der Waals surface area contributed by atoms with Gasteiger partial charge in [-0.05, 0) is 42.0 Å². The highest BCUT2D eigenvalue weighted by atomic mass is 16.5. The predicted octanol–water partition coefficient (Wildman–Crippen LogP) is 4.00. The van der Waals surface area contributed by atoms with Crippen LogP contribution in [0.1, 0.15) is 27.3 Å². The summed E-state index contributed by atoms with van der Waals surface area (Å²) in [7, 11) is 4.52. The van der Waals surface area contributed by atoms with Crippen LogP contribution >= 0.6 is 0 Å². The van der Waals surface area contributed by atoms with Crippen molar-refractivity contribution in [3.05, 3.63) is 99.6 Å². The Balaban J connectivity index is 1.80. The number of para-hydroxylation sites is 1. The van der Waals surface area contributed by atoms with Gasteiger partial charge in [0.1, 0.15) is 11.6 Å². The molecule has 0 unspecified atom stereocenters. The van der Waals surface area contributed by atoms with Gasteiger partial charge in [-0.3, -0.25) is 14.7 Å². The van der Waals surface area contributed by atoms with Crippen LogP contribution in [0.4, 0.5) is 0 Å². The zero-order valence-electron chi connectivity index (χ0n) is 21.3. The number of H-pyrrole nitrogens is 1. The van der Waals surface area contributed by atoms with E-state index in [0.29, 0.717) is 44.8 Å². The van der Waals surface area contributed by atoms with E-state index in [2.05, 4.69) is 10.4 Å². The monoisotopic (exact) mass is 521 g/mol. The molecule has 0 bridgehead atoms. The van der Waals surface area contributed by atoms with Gasteiger partial charge < -0.3 is 19.5 Å². The number of nitrogens with zero attached hydrogens (tertiary/aromatic N) is 3. The minimum atomic E-state index is -0.571. The maximum Gasteiger partial charge on any atom is 0.283 e. The molecule has 0 aliphatic rings. The molecule has 0 atom stereocenters. The van der Waals surface area contributed by atoms with Crippen LogP contribution in [-0.4, -0.2) is 41.8 Å². The zero-order valence-corrected chi connectivity index (χ0v) is 21.3. The second kappa shape index (κ2) is 10.4. The van der Waals surface area contributed by atoms with E-state index in [0.717, 1.165) is 0 Å². The third kappa shape index (κ3) is 4.53. The van der Waals surface area contributed by atoms with Crippen molar-refractivity contribution in [2.45, 2.75) is 0 Å². The van der Waals surface area contributed by atoms with E-state index in [9.17, 15) is 14.9 Å². The van der Waals surface area contributed by atoms with Gasteiger partial charge in [0.25, 0.3) is 11.5 Å². The summed E-state index contributed by atoms with van der Waals surface area (Å²) in [6.45, 7) is 0. The first-order valence-corrected chi connectivity index (χ1v) is 11.8. The lowest BCUT2D eigenvalue weighted by molar-refractivity contribution is 0.0973. The number of carbonyl (C=O) groups excluding carboxylic acids is 1. The number of ether oxygens (including phenoxy) is 3. The number of benzene rings is 3. The smallest absolute Gasteiger partial charge is 0.283 e. The fraction of sp³-hybridized carbons (Fsp3) is 0.103. The highest BCUT2D eigenvalue weighted by Gasteiger charge is 2.21. The van der Waals surface area contributed by atoms with Gasteiger partial charge in [0, 0.05) is 10.9 Å². The molecule has 5 rings (SSSR count). The quantitative estimate of drug-likeness (QED) is 0.331. The summed E-state index contributed by atoms with van der Waals surface area (Å²) in [6, 6.07) is 21.3. The molecule has 5 aromatic rings. The topological polar surface area (TPSA) is 131 Å². The predicted molar refractivity (Wildman–Crippen MR) is 146 cm³/mol. The number of aromatic amines is 1. The molecule has 194 valence electrons. The lowest BCUT2D eigenvalue weighted by Crippen LogP contribution is -2.24. The number of fused-ring (bicyclic) bond motifs is 3. The van der Waals surface area contributed by atoms with Gasteiger partial charge >= 0.3 is 0 Å². The van der Waals surface area contributed by atoms with E-state index in [4.69, 9.17) is 19.2 Å². The van der Waals surface area contributed by atoms with Crippen LogP contribution in [0, 0.1) is 11.3 Å². The van der Waals surface area contributed by atoms with Crippen molar-refractivity contribution in [3.8, 4) is 23.3 Å². The first-order chi connectivity index (χ1) is 19.0. The van der Waals surface area contributed by atoms with Crippen LogP contribution in [0.5, 0.6) is 17.2 Å². The number of hydrogen-bond acceptors (Lipinski definition) is 7.